The molecule has 4 heteroatoms. The molecule has 154 valence electrons. The minimum atomic E-state index is -0.0792. The van der Waals surface area contributed by atoms with Crippen LogP contribution >= 0.6 is 0 Å². The highest BCUT2D eigenvalue weighted by Crippen LogP contribution is 2.33. The summed E-state index contributed by atoms with van der Waals surface area (Å²) >= 11 is 0. The van der Waals surface area contributed by atoms with E-state index in [2.05, 4.69) is 17.4 Å². The van der Waals surface area contributed by atoms with Crippen LogP contribution in [0.1, 0.15) is 15.9 Å². The van der Waals surface area contributed by atoms with Crippen LogP contribution in [0.5, 0.6) is 5.75 Å². The van der Waals surface area contributed by atoms with Crippen molar-refractivity contribution in [2.45, 2.75) is 0 Å². The Balaban J connectivity index is 1.42. The van der Waals surface area contributed by atoms with Gasteiger partial charge in [-0.15, -0.1) is 0 Å². The monoisotopic (exact) mass is 416 g/mol. The molecule has 0 fully saturated rings. The smallest absolute Gasteiger partial charge is 0.185 e. The van der Waals surface area contributed by atoms with Crippen LogP contribution in [0.4, 0.5) is 11.4 Å². The van der Waals surface area contributed by atoms with Crippen LogP contribution in [0, 0.1) is 0 Å². The van der Waals surface area contributed by atoms with E-state index < -0.39 is 0 Å². The van der Waals surface area contributed by atoms with E-state index in [1.54, 1.807) is 36.4 Å². The average Bonchev–Trinajstić information content (AvgIpc) is 2.84. The molecular weight excluding hydrogens is 396 g/mol. The fraction of sp³-hybridized carbons (Fsp3) is 0. The SMILES string of the molecule is O=C(/C=C/c1ccc(O)cc1)c1ccc(Nc2c3ccccc3nc3ccccc23)cc1. The number of phenolic OH excluding ortho intramolecular Hbond substituents is 1. The van der Waals surface area contributed by atoms with Crippen molar-refractivity contribution in [3.05, 3.63) is 114 Å². The Kier molecular flexibility index (Phi) is 5.10. The van der Waals surface area contributed by atoms with Crippen molar-refractivity contribution in [3.8, 4) is 5.75 Å². The Morgan fingerprint density at radius 1 is 0.750 bits per heavy atom. The number of hydrogen-bond acceptors (Lipinski definition) is 4. The molecule has 32 heavy (non-hydrogen) atoms. The van der Waals surface area contributed by atoms with Gasteiger partial charge in [-0.1, -0.05) is 54.6 Å². The van der Waals surface area contributed by atoms with Crippen LogP contribution in [0.2, 0.25) is 0 Å². The Morgan fingerprint density at radius 2 is 1.34 bits per heavy atom. The predicted octanol–water partition coefficient (Wildman–Crippen LogP) is 6.73. The van der Waals surface area contributed by atoms with Gasteiger partial charge in [-0.3, -0.25) is 4.79 Å². The van der Waals surface area contributed by atoms with Gasteiger partial charge in [0, 0.05) is 22.0 Å². The van der Waals surface area contributed by atoms with Gasteiger partial charge in [0.2, 0.25) is 0 Å². The van der Waals surface area contributed by atoms with Gasteiger partial charge >= 0.3 is 0 Å². The number of ketones is 1. The van der Waals surface area contributed by atoms with Crippen molar-refractivity contribution in [3.63, 3.8) is 0 Å². The Hall–Kier alpha value is -4.44. The minimum Gasteiger partial charge on any atom is -0.508 e. The van der Waals surface area contributed by atoms with E-state index in [9.17, 15) is 9.90 Å². The topological polar surface area (TPSA) is 62.2 Å². The number of pyridine rings is 1. The summed E-state index contributed by atoms with van der Waals surface area (Å²) in [5.41, 5.74) is 5.21. The molecule has 0 unspecified atom stereocenters. The largest absolute Gasteiger partial charge is 0.508 e. The number of fused-ring (bicyclic) bond motifs is 2. The fourth-order valence-corrected chi connectivity index (χ4v) is 3.69. The van der Waals surface area contributed by atoms with Gasteiger partial charge in [0.05, 0.1) is 16.7 Å². The first-order valence-electron chi connectivity index (χ1n) is 10.3. The maximum Gasteiger partial charge on any atom is 0.185 e. The van der Waals surface area contributed by atoms with Crippen molar-refractivity contribution in [1.82, 2.24) is 4.98 Å². The summed E-state index contributed by atoms with van der Waals surface area (Å²) in [7, 11) is 0. The van der Waals surface area contributed by atoms with E-state index >= 15 is 0 Å². The van der Waals surface area contributed by atoms with Gasteiger partial charge < -0.3 is 10.4 Å². The lowest BCUT2D eigenvalue weighted by molar-refractivity contribution is 0.104. The zero-order chi connectivity index (χ0) is 21.9. The molecule has 0 amide bonds. The molecule has 0 aliphatic carbocycles. The lowest BCUT2D eigenvalue weighted by Gasteiger charge is -2.13. The number of anilines is 2. The lowest BCUT2D eigenvalue weighted by Crippen LogP contribution is -1.97. The summed E-state index contributed by atoms with van der Waals surface area (Å²) in [6.45, 7) is 0. The first kappa shape index (κ1) is 19.5. The van der Waals surface area contributed by atoms with Crippen molar-refractivity contribution in [2.75, 3.05) is 5.32 Å². The van der Waals surface area contributed by atoms with Gasteiger partial charge in [-0.25, -0.2) is 4.98 Å². The number of benzene rings is 4. The number of rotatable bonds is 5. The summed E-state index contributed by atoms with van der Waals surface area (Å²) in [5, 5.41) is 15.0. The fourth-order valence-electron chi connectivity index (χ4n) is 3.69. The molecule has 0 bridgehead atoms. The third kappa shape index (κ3) is 3.94. The van der Waals surface area contributed by atoms with E-state index in [-0.39, 0.29) is 11.5 Å². The second-order valence-electron chi connectivity index (χ2n) is 7.51. The van der Waals surface area contributed by atoms with Crippen molar-refractivity contribution < 1.29 is 9.90 Å². The van der Waals surface area contributed by atoms with Crippen molar-refractivity contribution in [1.29, 1.82) is 0 Å². The zero-order valence-corrected chi connectivity index (χ0v) is 17.2. The number of hydrogen-bond donors (Lipinski definition) is 2. The Labute approximate surface area is 185 Å². The van der Waals surface area contributed by atoms with E-state index in [1.165, 1.54) is 0 Å². The molecule has 0 aliphatic rings. The minimum absolute atomic E-state index is 0.0792. The highest BCUT2D eigenvalue weighted by atomic mass is 16.3. The number of carbonyl (C=O) groups is 1. The van der Waals surface area contributed by atoms with E-state index in [0.29, 0.717) is 5.56 Å². The predicted molar refractivity (Wildman–Crippen MR) is 130 cm³/mol. The summed E-state index contributed by atoms with van der Waals surface area (Å²) in [6, 6.07) is 30.3. The number of allylic oxidation sites excluding steroid dienone is 1. The van der Waals surface area contributed by atoms with Gasteiger partial charge in [0.25, 0.3) is 0 Å². The average molecular weight is 416 g/mol. The molecule has 1 aromatic heterocycles. The summed E-state index contributed by atoms with van der Waals surface area (Å²) in [4.78, 5) is 17.3. The first-order valence-corrected chi connectivity index (χ1v) is 10.3. The van der Waals surface area contributed by atoms with E-state index in [4.69, 9.17) is 4.98 Å². The summed E-state index contributed by atoms with van der Waals surface area (Å²) in [6.07, 6.45) is 3.28. The maximum absolute atomic E-state index is 12.5. The second-order valence-corrected chi connectivity index (χ2v) is 7.51. The Bertz CT molecular complexity index is 1400. The standard InChI is InChI=1S/C28H20N2O2/c31-22-16-9-19(10-17-22)11-18-27(32)20-12-14-21(15-13-20)29-28-23-5-1-3-7-25(23)30-26-8-4-2-6-24(26)28/h1-18,31H,(H,29,30)/b18-11+. The van der Waals surface area contributed by atoms with Crippen molar-refractivity contribution in [2.24, 2.45) is 0 Å². The highest BCUT2D eigenvalue weighted by Gasteiger charge is 2.09. The van der Waals surface area contributed by atoms with Gasteiger partial charge in [0.1, 0.15) is 5.75 Å². The molecular formula is C28H20N2O2. The summed E-state index contributed by atoms with van der Waals surface area (Å²) in [5.74, 6) is 0.121. The molecule has 0 saturated heterocycles. The van der Waals surface area contributed by atoms with Gasteiger partial charge in [-0.2, -0.15) is 0 Å². The Morgan fingerprint density at radius 3 is 1.97 bits per heavy atom. The lowest BCUT2D eigenvalue weighted by atomic mass is 10.1. The number of aromatic hydroxyl groups is 1. The molecule has 1 heterocycles. The third-order valence-corrected chi connectivity index (χ3v) is 5.35. The zero-order valence-electron chi connectivity index (χ0n) is 17.2. The molecule has 2 N–H and O–H groups in total. The van der Waals surface area contributed by atoms with Crippen molar-refractivity contribution >= 4 is 45.0 Å². The number of aromatic nitrogens is 1. The molecule has 0 radical (unpaired) electrons. The van der Waals surface area contributed by atoms with Crippen LogP contribution in [-0.4, -0.2) is 15.9 Å². The van der Waals surface area contributed by atoms with Gasteiger partial charge in [0.15, 0.2) is 5.78 Å². The molecule has 4 nitrogen and oxygen atoms in total. The van der Waals surface area contributed by atoms with E-state index in [0.717, 1.165) is 38.7 Å². The first-order chi connectivity index (χ1) is 15.7. The summed E-state index contributed by atoms with van der Waals surface area (Å²) < 4.78 is 0. The van der Waals surface area contributed by atoms with Crippen LogP contribution in [0.25, 0.3) is 27.9 Å². The number of phenols is 1. The number of carbonyl (C=O) groups excluding carboxylic acids is 1. The number of para-hydroxylation sites is 2. The van der Waals surface area contributed by atoms with Crippen LogP contribution in [0.15, 0.2) is 103 Å². The molecule has 0 aliphatic heterocycles. The van der Waals surface area contributed by atoms with Gasteiger partial charge in [-0.05, 0) is 60.2 Å². The molecule has 0 atom stereocenters. The molecule has 5 rings (SSSR count). The second kappa shape index (κ2) is 8.36. The highest BCUT2D eigenvalue weighted by molar-refractivity contribution is 6.09. The number of nitrogens with one attached hydrogen (secondary N) is 1. The molecule has 0 spiro atoms. The van der Waals surface area contributed by atoms with Crippen LogP contribution in [0.3, 0.4) is 0 Å². The normalized spacial score (nSPS) is 11.2. The van der Waals surface area contributed by atoms with Crippen LogP contribution in [-0.2, 0) is 0 Å². The third-order valence-electron chi connectivity index (χ3n) is 5.35. The van der Waals surface area contributed by atoms with E-state index in [1.807, 2.05) is 60.7 Å². The molecule has 4 aromatic carbocycles. The van der Waals surface area contributed by atoms with Crippen LogP contribution < -0.4 is 5.32 Å². The quantitative estimate of drug-likeness (QED) is 0.189. The molecule has 0 saturated carbocycles. The molecule has 5 aromatic rings. The number of nitrogens with zero attached hydrogens (tertiary/aromatic N) is 1. The maximum atomic E-state index is 12.5.